The van der Waals surface area contributed by atoms with Crippen molar-refractivity contribution < 1.29 is 0 Å². The number of hydrogen-bond acceptors (Lipinski definition) is 5. The van der Waals surface area contributed by atoms with Gasteiger partial charge in [0.1, 0.15) is 4.70 Å². The van der Waals surface area contributed by atoms with Crippen molar-refractivity contribution in [1.82, 2.24) is 14.1 Å². The second-order valence-corrected chi connectivity index (χ2v) is 10.6. The van der Waals surface area contributed by atoms with Gasteiger partial charge in [0.15, 0.2) is 14.8 Å². The normalized spacial score (nSPS) is 11.3. The summed E-state index contributed by atoms with van der Waals surface area (Å²) >= 11 is 14.6. The molecule has 4 rings (SSSR count). The zero-order valence-electron chi connectivity index (χ0n) is 17.8. The van der Waals surface area contributed by atoms with Crippen molar-refractivity contribution in [3.8, 4) is 0 Å². The van der Waals surface area contributed by atoms with Crippen LogP contribution in [0.2, 0.25) is 5.02 Å². The summed E-state index contributed by atoms with van der Waals surface area (Å²) in [6.07, 6.45) is 2.79. The third-order valence-corrected chi connectivity index (χ3v) is 7.95. The van der Waals surface area contributed by atoms with Crippen molar-refractivity contribution >= 4 is 57.3 Å². The highest BCUT2D eigenvalue weighted by Gasteiger charge is 2.17. The van der Waals surface area contributed by atoms with E-state index in [4.69, 9.17) is 28.8 Å². The molecule has 4 aromatic rings. The number of aryl methyl sites for hydroxylation is 2. The first-order valence-corrected chi connectivity index (χ1v) is 13.2. The maximum atomic E-state index is 13.4. The van der Waals surface area contributed by atoms with Gasteiger partial charge in [0.05, 0.1) is 0 Å². The van der Waals surface area contributed by atoms with Crippen molar-refractivity contribution in [2.75, 3.05) is 0 Å². The molecule has 0 amide bonds. The van der Waals surface area contributed by atoms with E-state index in [0.29, 0.717) is 32.4 Å². The average Bonchev–Trinajstić information content (AvgIpc) is 3.13. The van der Waals surface area contributed by atoms with Crippen LogP contribution >= 0.6 is 46.9 Å². The van der Waals surface area contributed by atoms with Crippen molar-refractivity contribution in [3.63, 3.8) is 0 Å². The summed E-state index contributed by atoms with van der Waals surface area (Å²) in [4.78, 5) is 18.4. The third-order valence-electron chi connectivity index (χ3n) is 5.22. The molecule has 0 aliphatic heterocycles. The van der Waals surface area contributed by atoms with Crippen LogP contribution in [0.1, 0.15) is 30.9 Å². The molecule has 0 spiro atoms. The first kappa shape index (κ1) is 23.2. The number of thiazole rings is 1. The largest absolute Gasteiger partial charge is 0.307 e. The summed E-state index contributed by atoms with van der Waals surface area (Å²) in [6.45, 7) is 3.49. The summed E-state index contributed by atoms with van der Waals surface area (Å²) in [7, 11) is 0. The van der Waals surface area contributed by atoms with E-state index in [1.54, 1.807) is 11.8 Å². The fourth-order valence-electron chi connectivity index (χ4n) is 3.44. The molecular weight excluding hydrogens is 478 g/mol. The van der Waals surface area contributed by atoms with Crippen LogP contribution in [-0.4, -0.2) is 14.1 Å². The van der Waals surface area contributed by atoms with Gasteiger partial charge in [-0.15, -0.1) is 0 Å². The topological polar surface area (TPSA) is 39.8 Å². The number of rotatable bonds is 9. The molecule has 166 valence electrons. The molecule has 0 radical (unpaired) electrons. The molecule has 0 fully saturated rings. The molecule has 2 aromatic heterocycles. The van der Waals surface area contributed by atoms with E-state index in [2.05, 4.69) is 19.1 Å². The lowest BCUT2D eigenvalue weighted by molar-refractivity contribution is 0.555. The van der Waals surface area contributed by atoms with Gasteiger partial charge in [0, 0.05) is 23.9 Å². The molecule has 2 heterocycles. The smallest absolute Gasteiger partial charge is 0.273 e. The molecule has 8 heteroatoms. The third kappa shape index (κ3) is 5.34. The maximum absolute atomic E-state index is 13.4. The van der Waals surface area contributed by atoms with E-state index in [1.165, 1.54) is 16.9 Å². The van der Waals surface area contributed by atoms with Crippen LogP contribution in [-0.2, 0) is 25.3 Å². The van der Waals surface area contributed by atoms with Crippen LogP contribution in [0.5, 0.6) is 0 Å². The van der Waals surface area contributed by atoms with Crippen LogP contribution in [0.4, 0.5) is 0 Å². The van der Waals surface area contributed by atoms with Crippen molar-refractivity contribution in [2.45, 2.75) is 50.2 Å². The molecule has 32 heavy (non-hydrogen) atoms. The second-order valence-electron chi connectivity index (χ2n) is 7.53. The molecule has 2 aromatic carbocycles. The lowest BCUT2D eigenvalue weighted by Crippen LogP contribution is -2.23. The number of nitrogens with zero attached hydrogens (tertiary/aromatic N) is 3. The number of fused-ring (bicyclic) bond motifs is 1. The summed E-state index contributed by atoms with van der Waals surface area (Å²) in [5.74, 6) is 0.718. The SMILES string of the molecule is CCCCn1c(SCc2ccc(Cl)cc2)nc2c(sc(=S)n2CCc2ccccc2)c1=O. The van der Waals surface area contributed by atoms with Crippen LogP contribution in [0.3, 0.4) is 0 Å². The van der Waals surface area contributed by atoms with Crippen LogP contribution in [0.25, 0.3) is 10.3 Å². The van der Waals surface area contributed by atoms with Gasteiger partial charge in [-0.3, -0.25) is 9.36 Å². The minimum absolute atomic E-state index is 0.0108. The van der Waals surface area contributed by atoms with E-state index in [-0.39, 0.29) is 5.56 Å². The Bertz CT molecular complexity index is 1310. The molecule has 0 aliphatic carbocycles. The van der Waals surface area contributed by atoms with Gasteiger partial charge in [-0.05, 0) is 48.3 Å². The maximum Gasteiger partial charge on any atom is 0.273 e. The molecular formula is C24H24ClN3OS3. The number of halogens is 1. The molecule has 0 aliphatic rings. The Kier molecular flexibility index (Phi) is 7.84. The van der Waals surface area contributed by atoms with E-state index in [0.717, 1.165) is 35.7 Å². The fraction of sp³-hybridized carbons (Fsp3) is 0.292. The van der Waals surface area contributed by atoms with E-state index in [9.17, 15) is 4.79 Å². The van der Waals surface area contributed by atoms with Crippen LogP contribution < -0.4 is 5.56 Å². The molecule has 0 saturated carbocycles. The Labute approximate surface area is 205 Å². The van der Waals surface area contributed by atoms with Gasteiger partial charge in [0.2, 0.25) is 0 Å². The Hall–Kier alpha value is -1.93. The van der Waals surface area contributed by atoms with Crippen molar-refractivity contribution in [2.24, 2.45) is 0 Å². The van der Waals surface area contributed by atoms with Gasteiger partial charge in [0.25, 0.3) is 5.56 Å². The van der Waals surface area contributed by atoms with E-state index in [1.807, 2.05) is 51.6 Å². The number of thioether (sulfide) groups is 1. The Morgan fingerprint density at radius 3 is 2.50 bits per heavy atom. The van der Waals surface area contributed by atoms with Crippen molar-refractivity contribution in [1.29, 1.82) is 0 Å². The lowest BCUT2D eigenvalue weighted by atomic mass is 10.1. The van der Waals surface area contributed by atoms with Crippen LogP contribution in [0.15, 0.2) is 64.5 Å². The van der Waals surface area contributed by atoms with Crippen molar-refractivity contribution in [3.05, 3.63) is 85.1 Å². The average molecular weight is 502 g/mol. The molecule has 0 atom stereocenters. The summed E-state index contributed by atoms with van der Waals surface area (Å²) in [5, 5.41) is 1.46. The predicted octanol–water partition coefficient (Wildman–Crippen LogP) is 6.98. The second kappa shape index (κ2) is 10.8. The Morgan fingerprint density at radius 2 is 1.78 bits per heavy atom. The number of aromatic nitrogens is 3. The first-order chi connectivity index (χ1) is 15.6. The highest BCUT2D eigenvalue weighted by atomic mass is 35.5. The van der Waals surface area contributed by atoms with Crippen LogP contribution in [0, 0.1) is 3.95 Å². The van der Waals surface area contributed by atoms with Gasteiger partial charge in [-0.2, -0.15) is 0 Å². The molecule has 0 saturated heterocycles. The molecule has 4 nitrogen and oxygen atoms in total. The minimum Gasteiger partial charge on any atom is -0.307 e. The first-order valence-electron chi connectivity index (χ1n) is 10.6. The minimum atomic E-state index is 0.0108. The molecule has 0 bridgehead atoms. The molecule has 0 N–H and O–H groups in total. The lowest BCUT2D eigenvalue weighted by Gasteiger charge is -2.12. The Balaban J connectivity index is 1.70. The number of unbranched alkanes of at least 4 members (excludes halogenated alkanes) is 1. The van der Waals surface area contributed by atoms with E-state index < -0.39 is 0 Å². The quantitative estimate of drug-likeness (QED) is 0.141. The van der Waals surface area contributed by atoms with Gasteiger partial charge >= 0.3 is 0 Å². The standard InChI is InChI=1S/C24H24ClN3OS3/c1-2-3-14-28-22(29)20-21(26-23(28)31-16-18-9-11-19(25)12-10-18)27(24(30)32-20)15-13-17-7-5-4-6-8-17/h4-12H,2-3,13-16H2,1H3. The zero-order valence-corrected chi connectivity index (χ0v) is 21.0. The zero-order chi connectivity index (χ0) is 22.5. The monoisotopic (exact) mass is 501 g/mol. The fourth-order valence-corrected chi connectivity index (χ4v) is 5.87. The summed E-state index contributed by atoms with van der Waals surface area (Å²) < 4.78 is 5.18. The van der Waals surface area contributed by atoms with E-state index >= 15 is 0 Å². The highest BCUT2D eigenvalue weighted by Crippen LogP contribution is 2.26. The summed E-state index contributed by atoms with van der Waals surface area (Å²) in [5.41, 5.74) is 3.09. The number of hydrogen-bond donors (Lipinski definition) is 0. The molecule has 0 unspecified atom stereocenters. The van der Waals surface area contributed by atoms with Gasteiger partial charge in [-0.1, -0.05) is 90.5 Å². The highest BCUT2D eigenvalue weighted by molar-refractivity contribution is 7.98. The predicted molar refractivity (Wildman–Crippen MR) is 139 cm³/mol. The summed E-state index contributed by atoms with van der Waals surface area (Å²) in [6, 6.07) is 18.1. The number of benzene rings is 2. The van der Waals surface area contributed by atoms with Gasteiger partial charge < -0.3 is 4.57 Å². The Morgan fingerprint density at radius 1 is 1.03 bits per heavy atom. The van der Waals surface area contributed by atoms with Gasteiger partial charge in [-0.25, -0.2) is 4.98 Å².